The van der Waals surface area contributed by atoms with Crippen molar-refractivity contribution in [3.63, 3.8) is 0 Å². The minimum Gasteiger partial charge on any atom is -0.493 e. The number of hydrogen-bond donors (Lipinski definition) is 1. The third kappa shape index (κ3) is 3.46. The second kappa shape index (κ2) is 6.79. The van der Waals surface area contributed by atoms with Gasteiger partial charge in [0.15, 0.2) is 0 Å². The van der Waals surface area contributed by atoms with E-state index in [0.717, 1.165) is 48.2 Å². The van der Waals surface area contributed by atoms with Crippen molar-refractivity contribution in [1.29, 1.82) is 0 Å². The van der Waals surface area contributed by atoms with Crippen molar-refractivity contribution >= 4 is 0 Å². The van der Waals surface area contributed by atoms with E-state index in [0.29, 0.717) is 11.8 Å². The zero-order valence-corrected chi connectivity index (χ0v) is 13.6. The van der Waals surface area contributed by atoms with Crippen molar-refractivity contribution in [2.24, 2.45) is 5.92 Å². The fraction of sp³-hybridized carbons (Fsp3) is 0.500. The molecule has 0 fully saturated rings. The van der Waals surface area contributed by atoms with E-state index in [4.69, 9.17) is 5.10 Å². The quantitative estimate of drug-likeness (QED) is 0.853. The summed E-state index contributed by atoms with van der Waals surface area (Å²) < 4.78 is 1.71. The molecule has 2 rings (SSSR count). The van der Waals surface area contributed by atoms with Crippen LogP contribution in [0.1, 0.15) is 50.4 Å². The van der Waals surface area contributed by atoms with E-state index < -0.39 is 0 Å². The van der Waals surface area contributed by atoms with Crippen molar-refractivity contribution in [3.05, 3.63) is 41.1 Å². The maximum Gasteiger partial charge on any atom is 0.217 e. The summed E-state index contributed by atoms with van der Waals surface area (Å²) in [6.07, 6.45) is 4.05. The van der Waals surface area contributed by atoms with Crippen LogP contribution in [0.2, 0.25) is 0 Å². The molecule has 0 radical (unpaired) electrons. The second-order valence-electron chi connectivity index (χ2n) is 6.15. The molecular weight excluding hydrogens is 260 g/mol. The highest BCUT2D eigenvalue weighted by atomic mass is 16.3. The standard InChI is InChI=1S/C18H26N2O/c1-5-6-10-16-15(12-13(2)3)18(21)20(19-16)17-11-8-7-9-14(17)4/h7-9,11,13,21H,5-6,10,12H2,1-4H3. The van der Waals surface area contributed by atoms with Gasteiger partial charge in [-0.05, 0) is 43.7 Å². The van der Waals surface area contributed by atoms with Gasteiger partial charge < -0.3 is 5.11 Å². The van der Waals surface area contributed by atoms with Crippen LogP contribution in [0.3, 0.4) is 0 Å². The Morgan fingerprint density at radius 3 is 2.57 bits per heavy atom. The molecule has 0 saturated carbocycles. The Hall–Kier alpha value is -1.77. The summed E-state index contributed by atoms with van der Waals surface area (Å²) in [5.74, 6) is 0.815. The molecule has 0 aliphatic heterocycles. The summed E-state index contributed by atoms with van der Waals surface area (Å²) in [5.41, 5.74) is 4.14. The van der Waals surface area contributed by atoms with Crippen molar-refractivity contribution in [1.82, 2.24) is 9.78 Å². The smallest absolute Gasteiger partial charge is 0.217 e. The third-order valence-electron chi connectivity index (χ3n) is 3.76. The predicted molar refractivity (Wildman–Crippen MR) is 87.1 cm³/mol. The molecule has 1 heterocycles. The molecule has 0 unspecified atom stereocenters. The summed E-state index contributed by atoms with van der Waals surface area (Å²) >= 11 is 0. The van der Waals surface area contributed by atoms with Crippen LogP contribution >= 0.6 is 0 Å². The first-order valence-electron chi connectivity index (χ1n) is 7.90. The Bertz CT molecular complexity index is 599. The first kappa shape index (κ1) is 15.6. The maximum atomic E-state index is 10.6. The van der Waals surface area contributed by atoms with E-state index in [9.17, 15) is 5.11 Å². The molecule has 1 aromatic heterocycles. The van der Waals surface area contributed by atoms with Gasteiger partial charge in [-0.2, -0.15) is 5.10 Å². The molecule has 0 bridgehead atoms. The van der Waals surface area contributed by atoms with Crippen molar-refractivity contribution in [2.45, 2.75) is 53.4 Å². The molecular formula is C18H26N2O. The van der Waals surface area contributed by atoms with E-state index >= 15 is 0 Å². The van der Waals surface area contributed by atoms with Gasteiger partial charge in [-0.1, -0.05) is 45.4 Å². The van der Waals surface area contributed by atoms with Crippen LogP contribution in [0.25, 0.3) is 5.69 Å². The maximum absolute atomic E-state index is 10.6. The monoisotopic (exact) mass is 286 g/mol. The lowest BCUT2D eigenvalue weighted by Gasteiger charge is -2.08. The number of unbranched alkanes of at least 4 members (excludes halogenated alkanes) is 1. The van der Waals surface area contributed by atoms with Crippen LogP contribution in [0.5, 0.6) is 5.88 Å². The fourth-order valence-electron chi connectivity index (χ4n) is 2.62. The van der Waals surface area contributed by atoms with Crippen LogP contribution < -0.4 is 0 Å². The average molecular weight is 286 g/mol. The molecule has 0 saturated heterocycles. The summed E-state index contributed by atoms with van der Waals surface area (Å²) in [4.78, 5) is 0. The highest BCUT2D eigenvalue weighted by Gasteiger charge is 2.19. The topological polar surface area (TPSA) is 38.0 Å². The lowest BCUT2D eigenvalue weighted by Crippen LogP contribution is -1.99. The Morgan fingerprint density at radius 1 is 1.24 bits per heavy atom. The Morgan fingerprint density at radius 2 is 1.95 bits per heavy atom. The number of aromatic nitrogens is 2. The molecule has 3 heteroatoms. The molecule has 1 aromatic carbocycles. The van der Waals surface area contributed by atoms with Crippen molar-refractivity contribution in [3.8, 4) is 11.6 Å². The Balaban J connectivity index is 2.47. The van der Waals surface area contributed by atoms with Crippen LogP contribution in [0.15, 0.2) is 24.3 Å². The van der Waals surface area contributed by atoms with Gasteiger partial charge in [-0.15, -0.1) is 0 Å². The summed E-state index contributed by atoms with van der Waals surface area (Å²) in [7, 11) is 0. The molecule has 1 N–H and O–H groups in total. The highest BCUT2D eigenvalue weighted by Crippen LogP contribution is 2.29. The van der Waals surface area contributed by atoms with Crippen molar-refractivity contribution < 1.29 is 5.11 Å². The van der Waals surface area contributed by atoms with Gasteiger partial charge in [0.25, 0.3) is 0 Å². The highest BCUT2D eigenvalue weighted by molar-refractivity contribution is 5.45. The number of para-hydroxylation sites is 1. The summed E-state index contributed by atoms with van der Waals surface area (Å²) in [6.45, 7) is 8.58. The first-order chi connectivity index (χ1) is 10.0. The number of nitrogens with zero attached hydrogens (tertiary/aromatic N) is 2. The number of hydrogen-bond acceptors (Lipinski definition) is 2. The largest absolute Gasteiger partial charge is 0.493 e. The second-order valence-corrected chi connectivity index (χ2v) is 6.15. The molecule has 3 nitrogen and oxygen atoms in total. The lowest BCUT2D eigenvalue weighted by atomic mass is 10.0. The van der Waals surface area contributed by atoms with Crippen LogP contribution in [-0.2, 0) is 12.8 Å². The number of aromatic hydroxyl groups is 1. The number of rotatable bonds is 6. The molecule has 0 aliphatic carbocycles. The number of benzene rings is 1. The first-order valence-corrected chi connectivity index (χ1v) is 7.90. The van der Waals surface area contributed by atoms with E-state index in [1.165, 1.54) is 0 Å². The number of aryl methyl sites for hydroxylation is 2. The van der Waals surface area contributed by atoms with E-state index in [2.05, 4.69) is 20.8 Å². The molecule has 2 aromatic rings. The molecule has 0 aliphatic rings. The SMILES string of the molecule is CCCCc1nn(-c2ccccc2C)c(O)c1CC(C)C. The van der Waals surface area contributed by atoms with Gasteiger partial charge in [0.2, 0.25) is 5.88 Å². The Labute approximate surface area is 127 Å². The third-order valence-corrected chi connectivity index (χ3v) is 3.76. The minimum atomic E-state index is 0.309. The van der Waals surface area contributed by atoms with E-state index in [1.54, 1.807) is 4.68 Å². The van der Waals surface area contributed by atoms with Gasteiger partial charge in [-0.3, -0.25) is 0 Å². The zero-order valence-electron chi connectivity index (χ0n) is 13.6. The molecule has 114 valence electrons. The van der Waals surface area contributed by atoms with Gasteiger partial charge in [-0.25, -0.2) is 4.68 Å². The molecule has 0 amide bonds. The lowest BCUT2D eigenvalue weighted by molar-refractivity contribution is 0.424. The van der Waals surface area contributed by atoms with Crippen molar-refractivity contribution in [2.75, 3.05) is 0 Å². The average Bonchev–Trinajstić information content (AvgIpc) is 2.74. The summed E-state index contributed by atoms with van der Waals surface area (Å²) in [5, 5.41) is 15.3. The van der Waals surface area contributed by atoms with Gasteiger partial charge in [0.05, 0.1) is 11.4 Å². The fourth-order valence-corrected chi connectivity index (χ4v) is 2.62. The van der Waals surface area contributed by atoms with Crippen LogP contribution in [0.4, 0.5) is 0 Å². The predicted octanol–water partition coefficient (Wildman–Crippen LogP) is 4.43. The minimum absolute atomic E-state index is 0.309. The Kier molecular flexibility index (Phi) is 5.05. The molecule has 0 atom stereocenters. The zero-order chi connectivity index (χ0) is 15.4. The van der Waals surface area contributed by atoms with Crippen LogP contribution in [0, 0.1) is 12.8 Å². The molecule has 21 heavy (non-hydrogen) atoms. The van der Waals surface area contributed by atoms with Gasteiger partial charge in [0.1, 0.15) is 0 Å². The van der Waals surface area contributed by atoms with E-state index in [1.807, 2.05) is 31.2 Å². The normalized spacial score (nSPS) is 11.3. The van der Waals surface area contributed by atoms with E-state index in [-0.39, 0.29) is 0 Å². The molecule has 0 spiro atoms. The van der Waals surface area contributed by atoms with Gasteiger partial charge in [0, 0.05) is 5.56 Å². The van der Waals surface area contributed by atoms with Crippen LogP contribution in [-0.4, -0.2) is 14.9 Å². The summed E-state index contributed by atoms with van der Waals surface area (Å²) in [6, 6.07) is 8.04. The van der Waals surface area contributed by atoms with Gasteiger partial charge >= 0.3 is 0 Å².